The van der Waals surface area contributed by atoms with E-state index in [-0.39, 0.29) is 35.3 Å². The van der Waals surface area contributed by atoms with Crippen LogP contribution in [0, 0.1) is 0 Å². The molecule has 0 radical (unpaired) electrons. The van der Waals surface area contributed by atoms with Crippen molar-refractivity contribution in [2.45, 2.75) is 25.2 Å². The van der Waals surface area contributed by atoms with Crippen LogP contribution in [-0.2, 0) is 17.8 Å². The van der Waals surface area contributed by atoms with Gasteiger partial charge in [-0.2, -0.15) is 17.6 Å². The van der Waals surface area contributed by atoms with Gasteiger partial charge < -0.3 is 25.4 Å². The highest BCUT2D eigenvalue weighted by Crippen LogP contribution is 2.47. The molecule has 14 heteroatoms. The molecular weight excluding hydrogens is 494 g/mol. The van der Waals surface area contributed by atoms with Crippen LogP contribution in [0.4, 0.5) is 29.1 Å². The first kappa shape index (κ1) is 24.2. The Balaban J connectivity index is 1.43. The topological polar surface area (TPSA) is 114 Å². The maximum absolute atomic E-state index is 13.4. The molecule has 0 unspecified atom stereocenters. The lowest BCUT2D eigenvalue weighted by Crippen LogP contribution is -2.52. The molecule has 9 nitrogen and oxygen atoms in total. The van der Waals surface area contributed by atoms with Crippen molar-refractivity contribution in [3.63, 3.8) is 0 Å². The van der Waals surface area contributed by atoms with Gasteiger partial charge in [0.05, 0.1) is 11.9 Å². The summed E-state index contributed by atoms with van der Waals surface area (Å²) in [6, 6.07) is 6.62. The third-order valence-electron chi connectivity index (χ3n) is 4.75. The number of anilines is 2. The first-order chi connectivity index (χ1) is 16.6. The molecule has 1 aliphatic rings. The van der Waals surface area contributed by atoms with Crippen LogP contribution in [0.15, 0.2) is 42.0 Å². The summed E-state index contributed by atoms with van der Waals surface area (Å²) in [5, 5.41) is 8.03. The molecule has 0 saturated carbocycles. The van der Waals surface area contributed by atoms with E-state index in [1.54, 1.807) is 18.3 Å². The van der Waals surface area contributed by atoms with Crippen molar-refractivity contribution < 1.29 is 36.6 Å². The molecule has 2 aromatic heterocycles. The fourth-order valence-electron chi connectivity index (χ4n) is 3.04. The van der Waals surface area contributed by atoms with Crippen LogP contribution in [0.3, 0.4) is 0 Å². The maximum atomic E-state index is 13.4. The van der Waals surface area contributed by atoms with Crippen LogP contribution in [0.5, 0.6) is 11.5 Å². The number of amides is 2. The number of hydrogen-bond donors (Lipinski definition) is 3. The van der Waals surface area contributed by atoms with Gasteiger partial charge in [-0.15, -0.1) is 11.3 Å². The molecule has 1 aromatic carbocycles. The van der Waals surface area contributed by atoms with Crippen molar-refractivity contribution in [1.82, 2.24) is 15.3 Å². The van der Waals surface area contributed by atoms with E-state index in [2.05, 4.69) is 35.4 Å². The van der Waals surface area contributed by atoms with E-state index >= 15 is 0 Å². The molecule has 0 spiro atoms. The summed E-state index contributed by atoms with van der Waals surface area (Å²) in [7, 11) is 1.53. The van der Waals surface area contributed by atoms with Gasteiger partial charge in [-0.25, -0.2) is 4.98 Å². The van der Waals surface area contributed by atoms with Gasteiger partial charge in [0.2, 0.25) is 5.91 Å². The number of rotatable bonds is 7. The van der Waals surface area contributed by atoms with Gasteiger partial charge in [0.25, 0.3) is 5.91 Å². The number of carbonyl (C=O) groups excluding carboxylic acids is 2. The number of fused-ring (bicyclic) bond motifs is 1. The van der Waals surface area contributed by atoms with Crippen LogP contribution in [0.1, 0.15) is 20.9 Å². The molecule has 0 aliphatic carbocycles. The second-order valence-electron chi connectivity index (χ2n) is 7.24. The minimum absolute atomic E-state index is 0.0192. The predicted octanol–water partition coefficient (Wildman–Crippen LogP) is 3.65. The SMILES string of the molecule is CNC(=O)Cc1cc(CNc2ncsc2C(=O)Nc2ccc3c(c2)OC(F)(F)C(F)(F)O3)ccn1. The number of halogens is 4. The van der Waals surface area contributed by atoms with Gasteiger partial charge in [-0.3, -0.25) is 14.6 Å². The number of pyridine rings is 1. The Labute approximate surface area is 199 Å². The number of ether oxygens (including phenoxy) is 2. The second-order valence-corrected chi connectivity index (χ2v) is 8.10. The van der Waals surface area contributed by atoms with Crippen molar-refractivity contribution in [2.75, 3.05) is 17.7 Å². The molecule has 3 aromatic rings. The van der Waals surface area contributed by atoms with E-state index in [0.29, 0.717) is 5.69 Å². The minimum Gasteiger partial charge on any atom is -0.421 e. The molecule has 3 heterocycles. The molecule has 0 saturated heterocycles. The Morgan fingerprint density at radius 3 is 2.51 bits per heavy atom. The van der Waals surface area contributed by atoms with Crippen molar-refractivity contribution in [1.29, 1.82) is 0 Å². The number of likely N-dealkylation sites (N-methyl/N-ethyl adjacent to an activating group) is 1. The van der Waals surface area contributed by atoms with Gasteiger partial charge in [0.1, 0.15) is 10.7 Å². The smallest absolute Gasteiger partial charge is 0.421 e. The summed E-state index contributed by atoms with van der Waals surface area (Å²) >= 11 is 1.03. The zero-order valence-electron chi connectivity index (χ0n) is 17.9. The molecule has 4 rings (SSSR count). The lowest BCUT2D eigenvalue weighted by Gasteiger charge is -2.31. The summed E-state index contributed by atoms with van der Waals surface area (Å²) in [6.07, 6.45) is -8.02. The second kappa shape index (κ2) is 9.37. The highest BCUT2D eigenvalue weighted by atomic mass is 32.1. The third kappa shape index (κ3) is 5.26. The average Bonchev–Trinajstić information content (AvgIpc) is 3.27. The van der Waals surface area contributed by atoms with E-state index in [0.717, 1.165) is 29.0 Å². The lowest BCUT2D eigenvalue weighted by atomic mass is 10.2. The van der Waals surface area contributed by atoms with Gasteiger partial charge in [0, 0.05) is 37.2 Å². The van der Waals surface area contributed by atoms with Crippen molar-refractivity contribution in [3.8, 4) is 11.5 Å². The summed E-state index contributed by atoms with van der Waals surface area (Å²) < 4.78 is 61.6. The number of hydrogen-bond acceptors (Lipinski definition) is 8. The molecule has 184 valence electrons. The fraction of sp³-hybridized carbons (Fsp3) is 0.238. The number of thiazole rings is 1. The minimum atomic E-state index is -4.87. The molecule has 3 N–H and O–H groups in total. The zero-order valence-corrected chi connectivity index (χ0v) is 18.7. The van der Waals surface area contributed by atoms with Crippen molar-refractivity contribution in [2.24, 2.45) is 0 Å². The van der Waals surface area contributed by atoms with Crippen LogP contribution in [-0.4, -0.2) is 41.0 Å². The Hall–Kier alpha value is -3.94. The van der Waals surface area contributed by atoms with Gasteiger partial charge in [-0.1, -0.05) is 0 Å². The molecule has 1 aliphatic heterocycles. The number of alkyl halides is 4. The lowest BCUT2D eigenvalue weighted by molar-refractivity contribution is -0.391. The van der Waals surface area contributed by atoms with Crippen molar-refractivity contribution >= 4 is 34.7 Å². The fourth-order valence-corrected chi connectivity index (χ4v) is 3.70. The van der Waals surface area contributed by atoms with Crippen molar-refractivity contribution in [3.05, 3.63) is 58.2 Å². The molecule has 0 atom stereocenters. The quantitative estimate of drug-likeness (QED) is 0.415. The first-order valence-corrected chi connectivity index (χ1v) is 10.9. The van der Waals surface area contributed by atoms with E-state index in [9.17, 15) is 27.2 Å². The maximum Gasteiger partial charge on any atom is 0.507 e. The monoisotopic (exact) mass is 511 g/mol. The average molecular weight is 511 g/mol. The summed E-state index contributed by atoms with van der Waals surface area (Å²) in [5.41, 5.74) is 2.82. The molecular formula is C21H17F4N5O4S. The Bertz CT molecular complexity index is 1270. The molecule has 0 fully saturated rings. The highest BCUT2D eigenvalue weighted by molar-refractivity contribution is 7.12. The van der Waals surface area contributed by atoms with Gasteiger partial charge in [0.15, 0.2) is 11.5 Å². The third-order valence-corrected chi connectivity index (χ3v) is 5.58. The molecule has 0 bridgehead atoms. The van der Waals surface area contributed by atoms with Crippen LogP contribution < -0.4 is 25.4 Å². The van der Waals surface area contributed by atoms with E-state index in [1.165, 1.54) is 18.6 Å². The van der Waals surface area contributed by atoms with E-state index in [4.69, 9.17) is 0 Å². The van der Waals surface area contributed by atoms with Gasteiger partial charge >= 0.3 is 12.2 Å². The number of nitrogens with zero attached hydrogens (tertiary/aromatic N) is 2. The van der Waals surface area contributed by atoms with Crippen LogP contribution >= 0.6 is 11.3 Å². The Morgan fingerprint density at radius 1 is 1.03 bits per heavy atom. The zero-order chi connectivity index (χ0) is 25.2. The summed E-state index contributed by atoms with van der Waals surface area (Å²) in [4.78, 5) is 32.7. The van der Waals surface area contributed by atoms with Crippen LogP contribution in [0.25, 0.3) is 0 Å². The largest absolute Gasteiger partial charge is 0.507 e. The molecule has 2 amide bonds. The standard InChI is InChI=1S/C21H17F4N5O4S/c1-26-16(31)8-13-6-11(4-5-27-13)9-28-18-17(35-10-29-18)19(32)30-12-2-3-14-15(7-12)34-21(24,25)20(22,23)33-14/h2-7,10,28H,8-9H2,1H3,(H,26,31)(H,30,32). The summed E-state index contributed by atoms with van der Waals surface area (Å²) in [5.74, 6) is -1.77. The van der Waals surface area contributed by atoms with Crippen LogP contribution in [0.2, 0.25) is 0 Å². The number of benzene rings is 1. The number of carbonyl (C=O) groups is 2. The predicted molar refractivity (Wildman–Crippen MR) is 117 cm³/mol. The summed E-state index contributed by atoms with van der Waals surface area (Å²) in [6.45, 7) is 0.278. The normalized spacial score (nSPS) is 15.2. The van der Waals surface area contributed by atoms with E-state index < -0.39 is 29.6 Å². The number of aromatic nitrogens is 2. The number of nitrogens with one attached hydrogen (secondary N) is 3. The van der Waals surface area contributed by atoms with E-state index in [1.807, 2.05) is 0 Å². The first-order valence-electron chi connectivity index (χ1n) is 9.99. The molecule has 35 heavy (non-hydrogen) atoms. The Morgan fingerprint density at radius 2 is 1.77 bits per heavy atom. The highest BCUT2D eigenvalue weighted by Gasteiger charge is 2.65. The van der Waals surface area contributed by atoms with Gasteiger partial charge in [-0.05, 0) is 29.8 Å². The Kier molecular flexibility index (Phi) is 6.47.